The monoisotopic (exact) mass is 368 g/mol. The lowest BCUT2D eigenvalue weighted by Crippen LogP contribution is -2.14. The highest BCUT2D eigenvalue weighted by Gasteiger charge is 2.29. The van der Waals surface area contributed by atoms with Crippen LogP contribution >= 0.6 is 0 Å². The van der Waals surface area contributed by atoms with Crippen molar-refractivity contribution in [2.24, 2.45) is 5.73 Å². The minimum Gasteiger partial charge on any atom is -0.374 e. The Morgan fingerprint density at radius 1 is 1.07 bits per heavy atom. The molecule has 28 heavy (non-hydrogen) atoms. The van der Waals surface area contributed by atoms with Crippen molar-refractivity contribution in [3.05, 3.63) is 88.7 Å². The number of nitrogens with one attached hydrogen (secondary N) is 1. The molecule has 3 heterocycles. The highest BCUT2D eigenvalue weighted by Crippen LogP contribution is 2.44. The minimum atomic E-state index is -0.475. The van der Waals surface area contributed by atoms with Gasteiger partial charge in [0.15, 0.2) is 0 Å². The Bertz CT molecular complexity index is 1230. The van der Waals surface area contributed by atoms with E-state index in [0.717, 1.165) is 27.9 Å². The maximum absolute atomic E-state index is 12.2. The van der Waals surface area contributed by atoms with E-state index in [9.17, 15) is 4.79 Å². The van der Waals surface area contributed by atoms with Gasteiger partial charge in [-0.3, -0.25) is 4.79 Å². The molecule has 1 amide bonds. The van der Waals surface area contributed by atoms with Gasteiger partial charge in [0.05, 0.1) is 23.3 Å². The first kappa shape index (κ1) is 16.6. The SMILES string of the molecule is Cc1cccc(C)c1C1Nc2ccccc2-c2c(C(N)=O)cnn3ccc1c23. The van der Waals surface area contributed by atoms with E-state index in [-0.39, 0.29) is 6.04 Å². The van der Waals surface area contributed by atoms with Gasteiger partial charge in [-0.25, -0.2) is 4.52 Å². The van der Waals surface area contributed by atoms with Crippen molar-refractivity contribution in [2.45, 2.75) is 19.9 Å². The fourth-order valence-corrected chi connectivity index (χ4v) is 4.37. The fourth-order valence-electron chi connectivity index (χ4n) is 4.37. The van der Waals surface area contributed by atoms with Crippen molar-refractivity contribution in [1.29, 1.82) is 0 Å². The van der Waals surface area contributed by atoms with Gasteiger partial charge < -0.3 is 11.1 Å². The number of para-hydroxylation sites is 1. The predicted octanol–water partition coefficient (Wildman–Crippen LogP) is 4.23. The van der Waals surface area contributed by atoms with E-state index >= 15 is 0 Å². The van der Waals surface area contributed by atoms with E-state index in [1.54, 1.807) is 6.20 Å². The molecular formula is C23H20N4O. The summed E-state index contributed by atoms with van der Waals surface area (Å²) in [7, 11) is 0. The maximum Gasteiger partial charge on any atom is 0.251 e. The number of anilines is 1. The molecule has 3 N–H and O–H groups in total. The Balaban J connectivity index is 1.93. The zero-order chi connectivity index (χ0) is 19.4. The zero-order valence-corrected chi connectivity index (χ0v) is 15.7. The summed E-state index contributed by atoms with van der Waals surface area (Å²) in [5, 5.41) is 8.16. The highest BCUT2D eigenvalue weighted by molar-refractivity contribution is 6.07. The molecule has 0 radical (unpaired) electrons. The van der Waals surface area contributed by atoms with Crippen LogP contribution in [0.3, 0.4) is 0 Å². The molecule has 5 nitrogen and oxygen atoms in total. The molecule has 0 saturated carbocycles. The van der Waals surface area contributed by atoms with Crippen LogP contribution in [0.25, 0.3) is 16.6 Å². The van der Waals surface area contributed by atoms with E-state index < -0.39 is 5.91 Å². The number of aromatic nitrogens is 2. The number of amides is 1. The number of hydrogen-bond acceptors (Lipinski definition) is 3. The number of aryl methyl sites for hydroxylation is 2. The van der Waals surface area contributed by atoms with Crippen LogP contribution in [0.4, 0.5) is 5.69 Å². The summed E-state index contributed by atoms with van der Waals surface area (Å²) < 4.78 is 1.83. The van der Waals surface area contributed by atoms with Crippen LogP contribution in [0.15, 0.2) is 60.9 Å². The van der Waals surface area contributed by atoms with E-state index in [1.165, 1.54) is 16.7 Å². The molecule has 1 aliphatic rings. The third-order valence-corrected chi connectivity index (χ3v) is 5.62. The van der Waals surface area contributed by atoms with Crippen molar-refractivity contribution >= 4 is 17.1 Å². The molecule has 0 saturated heterocycles. The van der Waals surface area contributed by atoms with Crippen LogP contribution in [-0.4, -0.2) is 15.5 Å². The van der Waals surface area contributed by atoms with Crippen molar-refractivity contribution < 1.29 is 4.79 Å². The van der Waals surface area contributed by atoms with E-state index in [1.807, 2.05) is 35.0 Å². The van der Waals surface area contributed by atoms with Crippen molar-refractivity contribution in [3.8, 4) is 11.1 Å². The summed E-state index contributed by atoms with van der Waals surface area (Å²) in [6.45, 7) is 4.26. The summed E-state index contributed by atoms with van der Waals surface area (Å²) in [5.41, 5.74) is 14.6. The standard InChI is InChI=1S/C23H20N4O/c1-13-6-5-7-14(2)19(13)21-16-10-11-27-22(16)20(17(12-25-27)23(24)28)15-8-3-4-9-18(15)26-21/h3-12,21,26H,1-2H3,(H2,24,28). The second kappa shape index (κ2) is 5.96. The molecule has 5 rings (SSSR count). The molecule has 1 atom stereocenters. The number of rotatable bonds is 2. The molecule has 0 bridgehead atoms. The molecule has 2 aromatic heterocycles. The Labute approximate surface area is 162 Å². The lowest BCUT2D eigenvalue weighted by molar-refractivity contribution is 0.100. The summed E-state index contributed by atoms with van der Waals surface area (Å²) in [6, 6.07) is 16.4. The van der Waals surface area contributed by atoms with E-state index in [4.69, 9.17) is 5.73 Å². The van der Waals surface area contributed by atoms with E-state index in [2.05, 4.69) is 48.5 Å². The summed E-state index contributed by atoms with van der Waals surface area (Å²) in [6.07, 6.45) is 3.50. The van der Waals surface area contributed by atoms with Crippen LogP contribution < -0.4 is 11.1 Å². The third kappa shape index (κ3) is 2.26. The molecule has 4 aromatic rings. The quantitative estimate of drug-likeness (QED) is 0.556. The van der Waals surface area contributed by atoms with Gasteiger partial charge >= 0.3 is 0 Å². The van der Waals surface area contributed by atoms with Gasteiger partial charge in [-0.1, -0.05) is 36.4 Å². The lowest BCUT2D eigenvalue weighted by atomic mass is 9.91. The van der Waals surface area contributed by atoms with Gasteiger partial charge in [0.2, 0.25) is 0 Å². The molecule has 1 unspecified atom stereocenters. The summed E-state index contributed by atoms with van der Waals surface area (Å²) >= 11 is 0. The molecular weight excluding hydrogens is 348 g/mol. The Morgan fingerprint density at radius 3 is 2.57 bits per heavy atom. The number of carbonyl (C=O) groups is 1. The number of hydrogen-bond donors (Lipinski definition) is 2. The largest absolute Gasteiger partial charge is 0.374 e. The molecule has 0 spiro atoms. The minimum absolute atomic E-state index is 0.0569. The zero-order valence-electron chi connectivity index (χ0n) is 15.7. The van der Waals surface area contributed by atoms with Crippen molar-refractivity contribution in [2.75, 3.05) is 5.32 Å². The third-order valence-electron chi connectivity index (χ3n) is 5.62. The number of benzene rings is 2. The molecule has 138 valence electrons. The molecule has 1 aliphatic heterocycles. The smallest absolute Gasteiger partial charge is 0.251 e. The average molecular weight is 368 g/mol. The number of nitrogens with zero attached hydrogens (tertiary/aromatic N) is 2. The molecule has 0 fully saturated rings. The Hall–Kier alpha value is -3.60. The van der Waals surface area contributed by atoms with Gasteiger partial charge in [-0.2, -0.15) is 5.10 Å². The second-order valence-electron chi connectivity index (χ2n) is 7.29. The van der Waals surface area contributed by atoms with Gasteiger partial charge in [0, 0.05) is 28.6 Å². The van der Waals surface area contributed by atoms with Crippen LogP contribution in [0, 0.1) is 13.8 Å². The highest BCUT2D eigenvalue weighted by atomic mass is 16.1. The fraction of sp³-hybridized carbons (Fsp3) is 0.130. The first-order valence-corrected chi connectivity index (χ1v) is 9.28. The number of fused-ring (bicyclic) bond motifs is 2. The Morgan fingerprint density at radius 2 is 1.82 bits per heavy atom. The van der Waals surface area contributed by atoms with Crippen LogP contribution in [-0.2, 0) is 0 Å². The lowest BCUT2D eigenvalue weighted by Gasteiger charge is -2.23. The molecule has 2 aromatic carbocycles. The number of primary amides is 1. The summed E-state index contributed by atoms with van der Waals surface area (Å²) in [4.78, 5) is 12.2. The first-order chi connectivity index (χ1) is 13.6. The maximum atomic E-state index is 12.2. The van der Waals surface area contributed by atoms with Crippen LogP contribution in [0.2, 0.25) is 0 Å². The predicted molar refractivity (Wildman–Crippen MR) is 111 cm³/mol. The number of nitrogens with two attached hydrogens (primary N) is 1. The molecule has 0 aliphatic carbocycles. The number of carbonyl (C=O) groups excluding carboxylic acids is 1. The Kier molecular flexibility index (Phi) is 3.52. The summed E-state index contributed by atoms with van der Waals surface area (Å²) in [5.74, 6) is -0.475. The van der Waals surface area contributed by atoms with E-state index in [0.29, 0.717) is 5.56 Å². The molecule has 5 heteroatoms. The van der Waals surface area contributed by atoms with Crippen LogP contribution in [0.1, 0.15) is 38.7 Å². The van der Waals surface area contributed by atoms with Gasteiger partial charge in [-0.05, 0) is 42.7 Å². The normalized spacial score (nSPS) is 15.0. The second-order valence-corrected chi connectivity index (χ2v) is 7.29. The van der Waals surface area contributed by atoms with Gasteiger partial charge in [0.1, 0.15) is 0 Å². The van der Waals surface area contributed by atoms with Gasteiger partial charge in [-0.15, -0.1) is 0 Å². The average Bonchev–Trinajstić information content (AvgIpc) is 3.04. The van der Waals surface area contributed by atoms with Crippen molar-refractivity contribution in [1.82, 2.24) is 9.61 Å². The van der Waals surface area contributed by atoms with Crippen LogP contribution in [0.5, 0.6) is 0 Å². The van der Waals surface area contributed by atoms with Crippen molar-refractivity contribution in [3.63, 3.8) is 0 Å². The first-order valence-electron chi connectivity index (χ1n) is 9.28. The topological polar surface area (TPSA) is 72.4 Å². The van der Waals surface area contributed by atoms with Gasteiger partial charge in [0.25, 0.3) is 5.91 Å².